The second-order valence-corrected chi connectivity index (χ2v) is 8.57. The standard InChI is InChI=1S/C27H26FN5O3.ClH/c28-21-8-6-20(7-9-21)18-29-27(35)24-11-10-23(36-24)19-33-26(34)13-12-25(30-33)32-16-14-31(15-17-32)22-4-2-1-3-5-22;/h1-13H,14-19H2,(H,29,35);1H. The van der Waals surface area contributed by atoms with Crippen LogP contribution in [0, 0.1) is 5.82 Å². The van der Waals surface area contributed by atoms with E-state index in [-0.39, 0.29) is 42.6 Å². The number of carbonyl (C=O) groups is 1. The number of benzene rings is 2. The number of nitrogens with zero attached hydrogens (tertiary/aromatic N) is 4. The predicted molar refractivity (Wildman–Crippen MR) is 142 cm³/mol. The van der Waals surface area contributed by atoms with Gasteiger partial charge in [0.2, 0.25) is 0 Å². The smallest absolute Gasteiger partial charge is 0.287 e. The van der Waals surface area contributed by atoms with Crippen molar-refractivity contribution in [2.75, 3.05) is 36.0 Å². The van der Waals surface area contributed by atoms with Gasteiger partial charge in [-0.1, -0.05) is 30.3 Å². The van der Waals surface area contributed by atoms with Crippen LogP contribution in [0.2, 0.25) is 0 Å². The number of anilines is 2. The number of piperazine rings is 1. The number of rotatable bonds is 7. The molecule has 1 saturated heterocycles. The van der Waals surface area contributed by atoms with Crippen molar-refractivity contribution in [2.24, 2.45) is 0 Å². The molecule has 192 valence electrons. The van der Waals surface area contributed by atoms with E-state index in [9.17, 15) is 14.0 Å². The van der Waals surface area contributed by atoms with E-state index in [1.54, 1.807) is 30.3 Å². The molecule has 1 aliphatic heterocycles. The van der Waals surface area contributed by atoms with Crippen molar-refractivity contribution in [3.8, 4) is 0 Å². The predicted octanol–water partition coefficient (Wildman–Crippen LogP) is 3.70. The maximum absolute atomic E-state index is 13.0. The van der Waals surface area contributed by atoms with Crippen LogP contribution in [-0.4, -0.2) is 41.9 Å². The summed E-state index contributed by atoms with van der Waals surface area (Å²) >= 11 is 0. The van der Waals surface area contributed by atoms with Crippen LogP contribution in [0.3, 0.4) is 0 Å². The fourth-order valence-electron chi connectivity index (χ4n) is 4.16. The minimum Gasteiger partial charge on any atom is -0.454 e. The normalized spacial score (nSPS) is 13.2. The van der Waals surface area contributed by atoms with Crippen LogP contribution in [0.5, 0.6) is 0 Å². The molecule has 0 spiro atoms. The van der Waals surface area contributed by atoms with Crippen LogP contribution < -0.4 is 20.7 Å². The number of para-hydroxylation sites is 1. The van der Waals surface area contributed by atoms with Crippen molar-refractivity contribution >= 4 is 29.8 Å². The van der Waals surface area contributed by atoms with E-state index in [1.165, 1.54) is 28.6 Å². The molecule has 0 unspecified atom stereocenters. The van der Waals surface area contributed by atoms with E-state index in [2.05, 4.69) is 32.3 Å². The lowest BCUT2D eigenvalue weighted by molar-refractivity contribution is 0.0921. The van der Waals surface area contributed by atoms with Crippen molar-refractivity contribution in [3.05, 3.63) is 112 Å². The van der Waals surface area contributed by atoms with Gasteiger partial charge in [-0.05, 0) is 48.0 Å². The molecule has 0 saturated carbocycles. The molecule has 2 aromatic carbocycles. The van der Waals surface area contributed by atoms with E-state index < -0.39 is 5.91 Å². The third-order valence-electron chi connectivity index (χ3n) is 6.13. The summed E-state index contributed by atoms with van der Waals surface area (Å²) in [6, 6.07) is 22.7. The first-order chi connectivity index (χ1) is 17.5. The Kier molecular flexibility index (Phi) is 8.25. The summed E-state index contributed by atoms with van der Waals surface area (Å²) < 4.78 is 20.0. The van der Waals surface area contributed by atoms with Gasteiger partial charge in [-0.15, -0.1) is 12.4 Å². The number of nitrogens with one attached hydrogen (secondary N) is 1. The average molecular weight is 524 g/mol. The largest absolute Gasteiger partial charge is 0.454 e. The van der Waals surface area contributed by atoms with Crippen LogP contribution in [0.1, 0.15) is 21.9 Å². The summed E-state index contributed by atoms with van der Waals surface area (Å²) in [5, 5.41) is 7.29. The molecule has 5 rings (SSSR count). The zero-order valence-electron chi connectivity index (χ0n) is 20.0. The second-order valence-electron chi connectivity index (χ2n) is 8.57. The molecular formula is C27H27ClFN5O3. The Morgan fingerprint density at radius 1 is 0.892 bits per heavy atom. The van der Waals surface area contributed by atoms with E-state index >= 15 is 0 Å². The lowest BCUT2D eigenvalue weighted by Crippen LogP contribution is -2.47. The average Bonchev–Trinajstić information content (AvgIpc) is 3.39. The summed E-state index contributed by atoms with van der Waals surface area (Å²) in [7, 11) is 0. The SMILES string of the molecule is Cl.O=C(NCc1ccc(F)cc1)c1ccc(Cn2nc(N3CCN(c4ccccc4)CC3)ccc2=O)o1. The van der Waals surface area contributed by atoms with Gasteiger partial charge in [0.25, 0.3) is 11.5 Å². The number of halogens is 2. The molecule has 1 aliphatic rings. The molecule has 0 bridgehead atoms. The van der Waals surface area contributed by atoms with E-state index in [4.69, 9.17) is 4.42 Å². The molecule has 3 heterocycles. The van der Waals surface area contributed by atoms with Gasteiger partial charge < -0.3 is 19.5 Å². The van der Waals surface area contributed by atoms with Gasteiger partial charge in [-0.25, -0.2) is 9.07 Å². The van der Waals surface area contributed by atoms with Gasteiger partial charge in [0.1, 0.15) is 23.9 Å². The zero-order chi connectivity index (χ0) is 24.9. The highest BCUT2D eigenvalue weighted by molar-refractivity contribution is 5.91. The van der Waals surface area contributed by atoms with Gasteiger partial charge in [0.05, 0.1) is 0 Å². The Morgan fingerprint density at radius 2 is 1.59 bits per heavy atom. The topological polar surface area (TPSA) is 83.6 Å². The molecule has 4 aromatic rings. The first-order valence-electron chi connectivity index (χ1n) is 11.8. The lowest BCUT2D eigenvalue weighted by atomic mass is 10.2. The number of hydrogen-bond acceptors (Lipinski definition) is 6. The fourth-order valence-corrected chi connectivity index (χ4v) is 4.16. The van der Waals surface area contributed by atoms with Crippen molar-refractivity contribution in [2.45, 2.75) is 13.1 Å². The lowest BCUT2D eigenvalue weighted by Gasteiger charge is -2.36. The molecule has 8 nitrogen and oxygen atoms in total. The molecule has 37 heavy (non-hydrogen) atoms. The third kappa shape index (κ3) is 6.37. The highest BCUT2D eigenvalue weighted by atomic mass is 35.5. The first-order valence-corrected chi connectivity index (χ1v) is 11.8. The molecule has 0 atom stereocenters. The highest BCUT2D eigenvalue weighted by Crippen LogP contribution is 2.18. The summed E-state index contributed by atoms with van der Waals surface area (Å²) in [5.41, 5.74) is 1.72. The summed E-state index contributed by atoms with van der Waals surface area (Å²) in [6.45, 7) is 3.66. The quantitative estimate of drug-likeness (QED) is 0.398. The molecule has 1 N–H and O–H groups in total. The van der Waals surface area contributed by atoms with Crippen molar-refractivity contribution in [1.82, 2.24) is 15.1 Å². The number of hydrogen-bond donors (Lipinski definition) is 1. The minimum absolute atomic E-state index is 0. The Hall–Kier alpha value is -4.11. The van der Waals surface area contributed by atoms with Crippen LogP contribution in [-0.2, 0) is 13.1 Å². The number of aromatic nitrogens is 2. The van der Waals surface area contributed by atoms with Crippen LogP contribution in [0.25, 0.3) is 0 Å². The third-order valence-corrected chi connectivity index (χ3v) is 6.13. The first kappa shape index (κ1) is 26.0. The summed E-state index contributed by atoms with van der Waals surface area (Å²) in [5.74, 6) is 0.584. The van der Waals surface area contributed by atoms with Gasteiger partial charge in [0, 0.05) is 44.5 Å². The monoisotopic (exact) mass is 523 g/mol. The molecule has 2 aromatic heterocycles. The minimum atomic E-state index is -0.393. The number of furan rings is 1. The number of carbonyl (C=O) groups excluding carboxylic acids is 1. The Balaban J connectivity index is 0.00000320. The molecule has 1 amide bonds. The van der Waals surface area contributed by atoms with Gasteiger partial charge in [0.15, 0.2) is 5.76 Å². The van der Waals surface area contributed by atoms with Crippen molar-refractivity contribution in [1.29, 1.82) is 0 Å². The van der Waals surface area contributed by atoms with Gasteiger partial charge in [-0.3, -0.25) is 9.59 Å². The van der Waals surface area contributed by atoms with E-state index in [0.717, 1.165) is 37.6 Å². The van der Waals surface area contributed by atoms with Crippen LogP contribution in [0.15, 0.2) is 88.1 Å². The summed E-state index contributed by atoms with van der Waals surface area (Å²) in [4.78, 5) is 29.4. The van der Waals surface area contributed by atoms with Crippen LogP contribution in [0.4, 0.5) is 15.9 Å². The second kappa shape index (κ2) is 11.7. The Labute approximate surface area is 219 Å². The molecule has 10 heteroatoms. The maximum atomic E-state index is 13.0. The fraction of sp³-hybridized carbons (Fsp3) is 0.222. The molecule has 1 fully saturated rings. The van der Waals surface area contributed by atoms with E-state index in [0.29, 0.717) is 5.76 Å². The summed E-state index contributed by atoms with van der Waals surface area (Å²) in [6.07, 6.45) is 0. The number of amides is 1. The highest BCUT2D eigenvalue weighted by Gasteiger charge is 2.19. The molecule has 0 radical (unpaired) electrons. The van der Waals surface area contributed by atoms with Crippen molar-refractivity contribution < 1.29 is 13.6 Å². The molecular weight excluding hydrogens is 497 g/mol. The molecule has 0 aliphatic carbocycles. The van der Waals surface area contributed by atoms with Crippen LogP contribution >= 0.6 is 12.4 Å². The van der Waals surface area contributed by atoms with Crippen molar-refractivity contribution in [3.63, 3.8) is 0 Å². The van der Waals surface area contributed by atoms with E-state index in [1.807, 2.05) is 18.2 Å². The maximum Gasteiger partial charge on any atom is 0.287 e. The van der Waals surface area contributed by atoms with Gasteiger partial charge in [-0.2, -0.15) is 5.10 Å². The Morgan fingerprint density at radius 3 is 2.32 bits per heavy atom. The zero-order valence-corrected chi connectivity index (χ0v) is 20.9. The van der Waals surface area contributed by atoms with Gasteiger partial charge >= 0.3 is 0 Å². The Bertz CT molecular complexity index is 1380.